The van der Waals surface area contributed by atoms with Gasteiger partial charge in [0, 0.05) is 48.4 Å². The first-order chi connectivity index (χ1) is 13.2. The molecule has 0 unspecified atom stereocenters. The second-order valence-electron chi connectivity index (χ2n) is 6.51. The molecule has 0 aliphatic rings. The Labute approximate surface area is 161 Å². The van der Waals surface area contributed by atoms with E-state index in [2.05, 4.69) is 10.1 Å². The van der Waals surface area contributed by atoms with E-state index in [1.807, 2.05) is 13.2 Å². The van der Waals surface area contributed by atoms with Crippen LogP contribution in [0.3, 0.4) is 0 Å². The molecule has 0 fully saturated rings. The highest BCUT2D eigenvalue weighted by molar-refractivity contribution is 7.90. The molecule has 142 valence electrons. The molecular weight excluding hydrogens is 378 g/mol. The van der Waals surface area contributed by atoms with Gasteiger partial charge < -0.3 is 0 Å². The van der Waals surface area contributed by atoms with Gasteiger partial charge in [-0.2, -0.15) is 13.5 Å². The number of nitrogens with two attached hydrogens (primary N) is 1. The van der Waals surface area contributed by atoms with Crippen molar-refractivity contribution in [1.29, 1.82) is 0 Å². The van der Waals surface area contributed by atoms with Crippen LogP contribution in [-0.4, -0.2) is 30.2 Å². The van der Waals surface area contributed by atoms with Crippen molar-refractivity contribution in [3.63, 3.8) is 0 Å². The summed E-state index contributed by atoms with van der Waals surface area (Å²) in [5.74, 6) is 0. The number of nitrogens with zero attached hydrogens (tertiary/aromatic N) is 4. The number of pyridine rings is 1. The van der Waals surface area contributed by atoms with E-state index in [4.69, 9.17) is 5.14 Å². The minimum Gasteiger partial charge on any atom is -0.289 e. The molecule has 0 aliphatic carbocycles. The van der Waals surface area contributed by atoms with Crippen LogP contribution < -0.4 is 14.9 Å². The Morgan fingerprint density at radius 1 is 1.04 bits per heavy atom. The number of benzene rings is 1. The Balaban J connectivity index is 2.00. The minimum absolute atomic E-state index is 0.238. The van der Waals surface area contributed by atoms with E-state index in [-0.39, 0.29) is 5.43 Å². The first-order valence-corrected chi connectivity index (χ1v) is 9.87. The van der Waals surface area contributed by atoms with Gasteiger partial charge in [-0.15, -0.1) is 0 Å². The van der Waals surface area contributed by atoms with Gasteiger partial charge >= 0.3 is 0 Å². The first-order valence-electron chi connectivity index (χ1n) is 8.36. The van der Waals surface area contributed by atoms with Gasteiger partial charge in [-0.1, -0.05) is 12.1 Å². The molecule has 4 rings (SSSR count). The quantitative estimate of drug-likeness (QED) is 0.568. The van der Waals surface area contributed by atoms with E-state index < -0.39 is 10.2 Å². The van der Waals surface area contributed by atoms with E-state index in [0.717, 1.165) is 15.4 Å². The molecule has 9 heteroatoms. The van der Waals surface area contributed by atoms with Crippen LogP contribution in [0, 0.1) is 0 Å². The summed E-state index contributed by atoms with van der Waals surface area (Å²) in [6, 6.07) is 10.2. The lowest BCUT2D eigenvalue weighted by Gasteiger charge is -2.15. The van der Waals surface area contributed by atoms with Crippen molar-refractivity contribution in [2.24, 2.45) is 12.2 Å². The van der Waals surface area contributed by atoms with Gasteiger partial charge in [0.05, 0.1) is 17.4 Å². The SMILES string of the molecule is CN(c1ccc2ccc3ncc(-c4cnn(C)c4)cc3c(=O)c2c1)S(N)(=O)=O. The van der Waals surface area contributed by atoms with E-state index in [9.17, 15) is 13.2 Å². The molecule has 2 heterocycles. The molecule has 2 N–H and O–H groups in total. The molecule has 0 bridgehead atoms. The van der Waals surface area contributed by atoms with Gasteiger partial charge in [0.2, 0.25) is 0 Å². The highest BCUT2D eigenvalue weighted by Crippen LogP contribution is 2.24. The van der Waals surface area contributed by atoms with Crippen molar-refractivity contribution < 1.29 is 8.42 Å². The lowest BCUT2D eigenvalue weighted by atomic mass is 10.1. The molecule has 0 saturated heterocycles. The standard InChI is InChI=1S/C19H17N5O3S/c1-23-11-14(10-22-23)13-7-17-18(21-9-13)6-4-12-3-5-15(8-16(12)19(17)25)24(2)28(20,26)27/h3-11H,1-2H3,(H2,20,26,27). The summed E-state index contributed by atoms with van der Waals surface area (Å²) < 4.78 is 25.9. The number of aryl methyl sites for hydroxylation is 1. The molecule has 8 nitrogen and oxygen atoms in total. The molecule has 0 atom stereocenters. The normalized spacial score (nSPS) is 11.8. The predicted molar refractivity (Wildman–Crippen MR) is 109 cm³/mol. The molecule has 2 aromatic heterocycles. The summed E-state index contributed by atoms with van der Waals surface area (Å²) in [6.07, 6.45) is 5.24. The van der Waals surface area contributed by atoms with Crippen molar-refractivity contribution in [3.8, 4) is 11.1 Å². The lowest BCUT2D eigenvalue weighted by Crippen LogP contribution is -2.33. The molecule has 0 amide bonds. The third-order valence-electron chi connectivity index (χ3n) is 4.65. The van der Waals surface area contributed by atoms with E-state index in [1.165, 1.54) is 13.1 Å². The zero-order valence-electron chi connectivity index (χ0n) is 15.2. The average Bonchev–Trinajstić information content (AvgIpc) is 3.05. The zero-order valence-corrected chi connectivity index (χ0v) is 16.0. The third kappa shape index (κ3) is 3.10. The number of aromatic nitrogens is 3. The van der Waals surface area contributed by atoms with Gasteiger partial charge in [-0.25, -0.2) is 5.14 Å². The molecule has 0 saturated carbocycles. The van der Waals surface area contributed by atoms with Gasteiger partial charge in [0.1, 0.15) is 0 Å². The van der Waals surface area contributed by atoms with Crippen molar-refractivity contribution in [2.45, 2.75) is 0 Å². The Morgan fingerprint density at radius 2 is 1.79 bits per heavy atom. The predicted octanol–water partition coefficient (Wildman–Crippen LogP) is 1.79. The maximum atomic E-state index is 13.2. The molecule has 0 aliphatic heterocycles. The summed E-state index contributed by atoms with van der Waals surface area (Å²) in [7, 11) is -0.777. The van der Waals surface area contributed by atoms with E-state index >= 15 is 0 Å². The van der Waals surface area contributed by atoms with Gasteiger partial charge in [-0.05, 0) is 29.7 Å². The number of anilines is 1. The maximum Gasteiger partial charge on any atom is 0.298 e. The van der Waals surface area contributed by atoms with Crippen LogP contribution >= 0.6 is 0 Å². The Bertz CT molecular complexity index is 1400. The van der Waals surface area contributed by atoms with Gasteiger partial charge in [0.15, 0.2) is 5.43 Å². The van der Waals surface area contributed by atoms with Crippen molar-refractivity contribution >= 4 is 37.6 Å². The second-order valence-corrected chi connectivity index (χ2v) is 8.08. The smallest absolute Gasteiger partial charge is 0.289 e. The van der Waals surface area contributed by atoms with Crippen molar-refractivity contribution in [1.82, 2.24) is 14.8 Å². The van der Waals surface area contributed by atoms with Crippen LogP contribution in [0.25, 0.3) is 32.8 Å². The fourth-order valence-corrected chi connectivity index (χ4v) is 3.47. The second kappa shape index (κ2) is 6.39. The van der Waals surface area contributed by atoms with Crippen LogP contribution in [0.2, 0.25) is 0 Å². The summed E-state index contributed by atoms with van der Waals surface area (Å²) >= 11 is 0. The van der Waals surface area contributed by atoms with Gasteiger partial charge in [-0.3, -0.25) is 18.8 Å². The molecule has 28 heavy (non-hydrogen) atoms. The highest BCUT2D eigenvalue weighted by atomic mass is 32.2. The summed E-state index contributed by atoms with van der Waals surface area (Å²) in [5, 5.41) is 10.8. The highest BCUT2D eigenvalue weighted by Gasteiger charge is 2.14. The number of rotatable bonds is 3. The van der Waals surface area contributed by atoms with Crippen molar-refractivity contribution in [3.05, 3.63) is 65.2 Å². The lowest BCUT2D eigenvalue weighted by molar-refractivity contribution is 0.596. The van der Waals surface area contributed by atoms with Crippen LogP contribution in [0.1, 0.15) is 0 Å². The fourth-order valence-electron chi connectivity index (χ4n) is 3.06. The van der Waals surface area contributed by atoms with Crippen LogP contribution in [-0.2, 0) is 17.3 Å². The third-order valence-corrected chi connectivity index (χ3v) is 5.62. The van der Waals surface area contributed by atoms with E-state index in [1.54, 1.807) is 47.4 Å². The first kappa shape index (κ1) is 18.1. The largest absolute Gasteiger partial charge is 0.298 e. The number of hydrogen-bond donors (Lipinski definition) is 1. The van der Waals surface area contributed by atoms with Crippen LogP contribution in [0.15, 0.2) is 59.8 Å². The monoisotopic (exact) mass is 395 g/mol. The summed E-state index contributed by atoms with van der Waals surface area (Å²) in [6.45, 7) is 0. The molecule has 0 radical (unpaired) electrons. The fraction of sp³-hybridized carbons (Fsp3) is 0.105. The Morgan fingerprint density at radius 3 is 2.46 bits per heavy atom. The molecular formula is C19H17N5O3S. The minimum atomic E-state index is -3.93. The maximum absolute atomic E-state index is 13.2. The number of fused-ring (bicyclic) bond motifs is 2. The summed E-state index contributed by atoms with van der Waals surface area (Å²) in [5.41, 5.74) is 2.24. The number of hydrogen-bond acceptors (Lipinski definition) is 5. The van der Waals surface area contributed by atoms with Crippen molar-refractivity contribution in [2.75, 3.05) is 11.4 Å². The van der Waals surface area contributed by atoms with Crippen LogP contribution in [0.4, 0.5) is 5.69 Å². The van der Waals surface area contributed by atoms with Crippen LogP contribution in [0.5, 0.6) is 0 Å². The molecule has 2 aromatic carbocycles. The zero-order chi connectivity index (χ0) is 20.1. The molecule has 4 aromatic rings. The summed E-state index contributed by atoms with van der Waals surface area (Å²) in [4.78, 5) is 17.7. The Hall–Kier alpha value is -3.30. The Kier molecular flexibility index (Phi) is 4.13. The van der Waals surface area contributed by atoms with E-state index in [0.29, 0.717) is 27.4 Å². The average molecular weight is 395 g/mol. The molecule has 0 spiro atoms. The topological polar surface area (TPSA) is 111 Å². The van der Waals surface area contributed by atoms with Gasteiger partial charge in [0.25, 0.3) is 10.2 Å².